The molecule has 0 unspecified atom stereocenters. The first-order chi connectivity index (χ1) is 9.49. The van der Waals surface area contributed by atoms with Crippen LogP contribution in [-0.2, 0) is 0 Å². The standard InChI is InChI=1S/C16H23ClN2O.ClH/c1-11(2)10-19(14-6-7-18-9-14)16(20)13-5-4-12(3)15(17)8-13;/h4-5,8,11,14,18H,6-7,9-10H2,1-3H3;1H/t14-;/m1./s1. The van der Waals surface area contributed by atoms with E-state index >= 15 is 0 Å². The molecule has 1 atom stereocenters. The number of hydrogen-bond donors (Lipinski definition) is 1. The zero-order valence-electron chi connectivity index (χ0n) is 12.9. The minimum absolute atomic E-state index is 0. The Labute approximate surface area is 138 Å². The zero-order chi connectivity index (χ0) is 14.7. The largest absolute Gasteiger partial charge is 0.334 e. The molecule has 1 fully saturated rings. The van der Waals surface area contributed by atoms with Gasteiger partial charge >= 0.3 is 0 Å². The summed E-state index contributed by atoms with van der Waals surface area (Å²) >= 11 is 6.14. The molecule has 0 aromatic heterocycles. The zero-order valence-corrected chi connectivity index (χ0v) is 14.4. The van der Waals surface area contributed by atoms with E-state index in [2.05, 4.69) is 19.2 Å². The lowest BCUT2D eigenvalue weighted by Gasteiger charge is -2.30. The highest BCUT2D eigenvalue weighted by atomic mass is 35.5. The van der Waals surface area contributed by atoms with Gasteiger partial charge in [-0.25, -0.2) is 0 Å². The average molecular weight is 331 g/mol. The van der Waals surface area contributed by atoms with Crippen LogP contribution < -0.4 is 5.32 Å². The van der Waals surface area contributed by atoms with Crippen LogP contribution >= 0.6 is 24.0 Å². The van der Waals surface area contributed by atoms with Gasteiger partial charge in [0.1, 0.15) is 0 Å². The first-order valence-corrected chi connectivity index (χ1v) is 7.64. The van der Waals surface area contributed by atoms with Crippen LogP contribution in [0.1, 0.15) is 36.2 Å². The number of carbonyl (C=O) groups excluding carboxylic acids is 1. The fourth-order valence-corrected chi connectivity index (χ4v) is 2.77. The lowest BCUT2D eigenvalue weighted by Crippen LogP contribution is -2.43. The maximum Gasteiger partial charge on any atom is 0.254 e. The van der Waals surface area contributed by atoms with Crippen molar-refractivity contribution in [2.75, 3.05) is 19.6 Å². The fourth-order valence-electron chi connectivity index (χ4n) is 2.59. The van der Waals surface area contributed by atoms with Crippen molar-refractivity contribution in [1.82, 2.24) is 10.2 Å². The third-order valence-corrected chi connectivity index (χ3v) is 4.12. The second-order valence-corrected chi connectivity index (χ2v) is 6.37. The molecule has 5 heteroatoms. The van der Waals surface area contributed by atoms with Crippen LogP contribution in [0, 0.1) is 12.8 Å². The number of aryl methyl sites for hydroxylation is 1. The van der Waals surface area contributed by atoms with Gasteiger partial charge in [-0.2, -0.15) is 0 Å². The van der Waals surface area contributed by atoms with Crippen molar-refractivity contribution in [3.8, 4) is 0 Å². The molecule has 0 spiro atoms. The van der Waals surface area contributed by atoms with Gasteiger partial charge < -0.3 is 10.2 Å². The molecule has 3 nitrogen and oxygen atoms in total. The Morgan fingerprint density at radius 2 is 2.19 bits per heavy atom. The minimum atomic E-state index is 0. The molecule has 1 amide bonds. The normalized spacial score (nSPS) is 17.7. The van der Waals surface area contributed by atoms with E-state index in [0.717, 1.165) is 31.6 Å². The van der Waals surface area contributed by atoms with Crippen molar-refractivity contribution in [1.29, 1.82) is 0 Å². The molecule has 0 aliphatic carbocycles. The van der Waals surface area contributed by atoms with Gasteiger partial charge in [0.15, 0.2) is 0 Å². The van der Waals surface area contributed by atoms with Crippen molar-refractivity contribution >= 4 is 29.9 Å². The highest BCUT2D eigenvalue weighted by Crippen LogP contribution is 2.20. The molecular weight excluding hydrogens is 307 g/mol. The van der Waals surface area contributed by atoms with E-state index in [9.17, 15) is 4.79 Å². The van der Waals surface area contributed by atoms with Gasteiger partial charge in [-0.1, -0.05) is 31.5 Å². The van der Waals surface area contributed by atoms with E-state index in [1.54, 1.807) is 6.07 Å². The molecule has 1 heterocycles. The summed E-state index contributed by atoms with van der Waals surface area (Å²) in [6.45, 7) is 8.90. The summed E-state index contributed by atoms with van der Waals surface area (Å²) in [6.07, 6.45) is 1.03. The summed E-state index contributed by atoms with van der Waals surface area (Å²) in [6, 6.07) is 5.87. The Kier molecular flexibility index (Phi) is 6.98. The molecule has 1 N–H and O–H groups in total. The summed E-state index contributed by atoms with van der Waals surface area (Å²) in [7, 11) is 0. The van der Waals surface area contributed by atoms with Crippen molar-refractivity contribution in [3.63, 3.8) is 0 Å². The maximum absolute atomic E-state index is 12.8. The van der Waals surface area contributed by atoms with Gasteiger partial charge in [0.25, 0.3) is 5.91 Å². The molecule has 0 radical (unpaired) electrons. The summed E-state index contributed by atoms with van der Waals surface area (Å²) in [5, 5.41) is 3.99. The molecule has 1 aromatic rings. The van der Waals surface area contributed by atoms with Gasteiger partial charge in [-0.3, -0.25) is 4.79 Å². The van der Waals surface area contributed by atoms with Crippen LogP contribution in [0.15, 0.2) is 18.2 Å². The molecule has 1 aliphatic rings. The van der Waals surface area contributed by atoms with E-state index in [0.29, 0.717) is 22.5 Å². The van der Waals surface area contributed by atoms with Crippen molar-refractivity contribution in [3.05, 3.63) is 34.3 Å². The molecular formula is C16H24Cl2N2O. The van der Waals surface area contributed by atoms with E-state index in [1.807, 2.05) is 24.0 Å². The molecule has 1 saturated heterocycles. The van der Waals surface area contributed by atoms with E-state index in [4.69, 9.17) is 11.6 Å². The van der Waals surface area contributed by atoms with Crippen molar-refractivity contribution in [2.24, 2.45) is 5.92 Å². The molecule has 1 aromatic carbocycles. The van der Waals surface area contributed by atoms with E-state index < -0.39 is 0 Å². The lowest BCUT2D eigenvalue weighted by atomic mass is 10.1. The lowest BCUT2D eigenvalue weighted by molar-refractivity contribution is 0.0667. The average Bonchev–Trinajstić information content (AvgIpc) is 2.92. The maximum atomic E-state index is 12.8. The molecule has 1 aliphatic heterocycles. The smallest absolute Gasteiger partial charge is 0.254 e. The van der Waals surface area contributed by atoms with Gasteiger partial charge in [-0.05, 0) is 43.5 Å². The summed E-state index contributed by atoms with van der Waals surface area (Å²) in [5.41, 5.74) is 1.69. The van der Waals surface area contributed by atoms with Gasteiger partial charge in [0, 0.05) is 29.7 Å². The highest BCUT2D eigenvalue weighted by Gasteiger charge is 2.27. The Morgan fingerprint density at radius 1 is 1.48 bits per heavy atom. The molecule has 2 rings (SSSR count). The first kappa shape index (κ1) is 18.3. The summed E-state index contributed by atoms with van der Waals surface area (Å²) in [5.74, 6) is 0.551. The Bertz CT molecular complexity index is 485. The van der Waals surface area contributed by atoms with Crippen LogP contribution in [0.4, 0.5) is 0 Å². The fraction of sp³-hybridized carbons (Fsp3) is 0.562. The molecule has 21 heavy (non-hydrogen) atoms. The highest BCUT2D eigenvalue weighted by molar-refractivity contribution is 6.31. The molecule has 0 bridgehead atoms. The summed E-state index contributed by atoms with van der Waals surface area (Å²) < 4.78 is 0. The number of benzene rings is 1. The molecule has 0 saturated carbocycles. The number of amides is 1. The number of halogens is 2. The van der Waals surface area contributed by atoms with Crippen LogP contribution in [0.25, 0.3) is 0 Å². The number of nitrogens with one attached hydrogen (secondary N) is 1. The third kappa shape index (κ3) is 4.60. The number of nitrogens with zero attached hydrogens (tertiary/aromatic N) is 1. The second-order valence-electron chi connectivity index (χ2n) is 5.96. The second kappa shape index (κ2) is 8.02. The van der Waals surface area contributed by atoms with Gasteiger partial charge in [0.2, 0.25) is 0 Å². The van der Waals surface area contributed by atoms with E-state index in [1.165, 1.54) is 0 Å². The minimum Gasteiger partial charge on any atom is -0.334 e. The third-order valence-electron chi connectivity index (χ3n) is 3.72. The monoisotopic (exact) mass is 330 g/mol. The number of carbonyl (C=O) groups is 1. The Hall–Kier alpha value is -0.770. The van der Waals surface area contributed by atoms with Crippen molar-refractivity contribution in [2.45, 2.75) is 33.2 Å². The predicted molar refractivity (Wildman–Crippen MR) is 90.6 cm³/mol. The van der Waals surface area contributed by atoms with Crippen LogP contribution in [-0.4, -0.2) is 36.5 Å². The quantitative estimate of drug-likeness (QED) is 0.915. The topological polar surface area (TPSA) is 32.3 Å². The van der Waals surface area contributed by atoms with Gasteiger partial charge in [0.05, 0.1) is 0 Å². The van der Waals surface area contributed by atoms with Crippen molar-refractivity contribution < 1.29 is 4.79 Å². The SMILES string of the molecule is Cc1ccc(C(=O)N(CC(C)C)[C@@H]2CCNC2)cc1Cl.Cl. The summed E-state index contributed by atoms with van der Waals surface area (Å²) in [4.78, 5) is 14.8. The van der Waals surface area contributed by atoms with Crippen LogP contribution in [0.2, 0.25) is 5.02 Å². The first-order valence-electron chi connectivity index (χ1n) is 7.27. The number of hydrogen-bond acceptors (Lipinski definition) is 2. The van der Waals surface area contributed by atoms with Gasteiger partial charge in [-0.15, -0.1) is 12.4 Å². The van der Waals surface area contributed by atoms with Crippen LogP contribution in [0.5, 0.6) is 0 Å². The predicted octanol–water partition coefficient (Wildman–Crippen LogP) is 3.53. The number of rotatable bonds is 4. The van der Waals surface area contributed by atoms with E-state index in [-0.39, 0.29) is 18.3 Å². The molecule has 118 valence electrons. The van der Waals surface area contributed by atoms with Crippen LogP contribution in [0.3, 0.4) is 0 Å². The Balaban J connectivity index is 0.00000220. The Morgan fingerprint density at radius 3 is 2.71 bits per heavy atom.